The number of aromatic nitrogens is 3. The van der Waals surface area contributed by atoms with Crippen molar-refractivity contribution in [1.29, 1.82) is 0 Å². The summed E-state index contributed by atoms with van der Waals surface area (Å²) in [4.78, 5) is 26.0. The van der Waals surface area contributed by atoms with E-state index in [2.05, 4.69) is 25.6 Å². The van der Waals surface area contributed by atoms with Crippen LogP contribution in [0.3, 0.4) is 0 Å². The number of para-hydroxylation sites is 2. The number of amides is 1. The van der Waals surface area contributed by atoms with Gasteiger partial charge in [0.25, 0.3) is 5.91 Å². The van der Waals surface area contributed by atoms with Crippen LogP contribution in [0.4, 0.5) is 17.2 Å². The molecule has 5 aromatic rings. The molecule has 0 bridgehead atoms. The van der Waals surface area contributed by atoms with Crippen molar-refractivity contribution in [3.63, 3.8) is 0 Å². The van der Waals surface area contributed by atoms with E-state index in [1.54, 1.807) is 30.7 Å². The molecule has 3 heterocycles. The topological polar surface area (TPSA) is 79.8 Å². The third-order valence-electron chi connectivity index (χ3n) is 4.80. The summed E-state index contributed by atoms with van der Waals surface area (Å²) < 4.78 is 0. The van der Waals surface area contributed by atoms with E-state index in [0.717, 1.165) is 27.5 Å². The fraction of sp³-hybridized carbons (Fsp3) is 0. The highest BCUT2D eigenvalue weighted by Gasteiger charge is 2.11. The van der Waals surface area contributed by atoms with Crippen LogP contribution in [-0.4, -0.2) is 20.9 Å². The zero-order valence-corrected chi connectivity index (χ0v) is 15.9. The van der Waals surface area contributed by atoms with Crippen LogP contribution >= 0.6 is 0 Å². The van der Waals surface area contributed by atoms with Gasteiger partial charge >= 0.3 is 0 Å². The minimum Gasteiger partial charge on any atom is -0.338 e. The summed E-state index contributed by atoms with van der Waals surface area (Å²) in [5, 5.41) is 8.22. The van der Waals surface area contributed by atoms with E-state index < -0.39 is 0 Å². The Labute approximate surface area is 172 Å². The normalized spacial score (nSPS) is 10.8. The molecule has 6 nitrogen and oxygen atoms in total. The van der Waals surface area contributed by atoms with Crippen molar-refractivity contribution in [2.75, 3.05) is 10.6 Å². The van der Waals surface area contributed by atoms with Gasteiger partial charge in [0.15, 0.2) is 0 Å². The Kier molecular flexibility index (Phi) is 4.50. The smallest absolute Gasteiger partial charge is 0.255 e. The molecule has 0 spiro atoms. The highest BCUT2D eigenvalue weighted by molar-refractivity contribution is 6.08. The lowest BCUT2D eigenvalue weighted by Gasteiger charge is -2.11. The van der Waals surface area contributed by atoms with Crippen LogP contribution in [0, 0.1) is 0 Å². The number of hydrogen-bond donors (Lipinski definition) is 2. The number of nitrogens with zero attached hydrogens (tertiary/aromatic N) is 3. The first kappa shape index (κ1) is 17.8. The van der Waals surface area contributed by atoms with Crippen LogP contribution in [0.25, 0.3) is 21.8 Å². The van der Waals surface area contributed by atoms with Crippen molar-refractivity contribution >= 4 is 44.9 Å². The quantitative estimate of drug-likeness (QED) is 0.442. The number of hydrogen-bond acceptors (Lipinski definition) is 5. The molecule has 1 amide bonds. The Balaban J connectivity index is 1.42. The zero-order valence-electron chi connectivity index (χ0n) is 15.9. The highest BCUT2D eigenvalue weighted by Crippen LogP contribution is 2.25. The Hall–Kier alpha value is -4.32. The van der Waals surface area contributed by atoms with Crippen molar-refractivity contribution in [2.24, 2.45) is 0 Å². The van der Waals surface area contributed by atoms with Gasteiger partial charge in [-0.3, -0.25) is 14.8 Å². The SMILES string of the molecule is O=C(Nc1cccc2cccnc12)c1ccnc(Nc2cccc3cccnc23)c1. The first-order valence-corrected chi connectivity index (χ1v) is 9.50. The minimum atomic E-state index is -0.227. The molecule has 2 aromatic carbocycles. The first-order chi connectivity index (χ1) is 14.8. The maximum atomic E-state index is 12.9. The molecule has 6 heteroatoms. The molecule has 0 saturated heterocycles. The molecule has 3 aromatic heterocycles. The number of carbonyl (C=O) groups is 1. The minimum absolute atomic E-state index is 0.227. The fourth-order valence-corrected chi connectivity index (χ4v) is 3.38. The molecular formula is C24H17N5O. The number of fused-ring (bicyclic) bond motifs is 2. The number of pyridine rings is 3. The van der Waals surface area contributed by atoms with Gasteiger partial charge in [-0.1, -0.05) is 36.4 Å². The van der Waals surface area contributed by atoms with E-state index in [1.165, 1.54) is 0 Å². The van der Waals surface area contributed by atoms with Gasteiger partial charge in [-0.2, -0.15) is 0 Å². The summed E-state index contributed by atoms with van der Waals surface area (Å²) in [6.45, 7) is 0. The molecule has 0 aliphatic carbocycles. The van der Waals surface area contributed by atoms with Crippen molar-refractivity contribution < 1.29 is 4.79 Å². The second-order valence-electron chi connectivity index (χ2n) is 6.77. The van der Waals surface area contributed by atoms with Crippen molar-refractivity contribution in [3.05, 3.63) is 97.0 Å². The first-order valence-electron chi connectivity index (χ1n) is 9.50. The maximum Gasteiger partial charge on any atom is 0.255 e. The number of nitrogens with one attached hydrogen (secondary N) is 2. The lowest BCUT2D eigenvalue weighted by molar-refractivity contribution is 0.102. The number of carbonyl (C=O) groups excluding carboxylic acids is 1. The van der Waals surface area contributed by atoms with Gasteiger partial charge in [-0.05, 0) is 36.4 Å². The summed E-state index contributed by atoms with van der Waals surface area (Å²) in [5.74, 6) is 0.339. The van der Waals surface area contributed by atoms with Crippen molar-refractivity contribution in [1.82, 2.24) is 15.0 Å². The highest BCUT2D eigenvalue weighted by atomic mass is 16.1. The van der Waals surface area contributed by atoms with Crippen LogP contribution in [0.2, 0.25) is 0 Å². The van der Waals surface area contributed by atoms with Gasteiger partial charge in [0.2, 0.25) is 0 Å². The monoisotopic (exact) mass is 391 g/mol. The molecule has 144 valence electrons. The Bertz CT molecular complexity index is 1370. The lowest BCUT2D eigenvalue weighted by Crippen LogP contribution is -2.13. The van der Waals surface area contributed by atoms with Gasteiger partial charge in [-0.25, -0.2) is 4.98 Å². The predicted molar refractivity (Wildman–Crippen MR) is 119 cm³/mol. The number of benzene rings is 2. The van der Waals surface area contributed by atoms with E-state index in [0.29, 0.717) is 17.1 Å². The third kappa shape index (κ3) is 3.42. The van der Waals surface area contributed by atoms with E-state index in [9.17, 15) is 4.79 Å². The predicted octanol–water partition coefficient (Wildman–Crippen LogP) is 5.17. The van der Waals surface area contributed by atoms with Crippen LogP contribution in [0.5, 0.6) is 0 Å². The molecule has 0 radical (unpaired) electrons. The van der Waals surface area contributed by atoms with E-state index in [1.807, 2.05) is 60.7 Å². The average Bonchev–Trinajstić information content (AvgIpc) is 2.80. The number of rotatable bonds is 4. The summed E-state index contributed by atoms with van der Waals surface area (Å²) in [5.41, 5.74) is 3.59. The molecular weight excluding hydrogens is 374 g/mol. The van der Waals surface area contributed by atoms with Crippen LogP contribution in [0.1, 0.15) is 10.4 Å². The summed E-state index contributed by atoms with van der Waals surface area (Å²) in [7, 11) is 0. The molecule has 0 unspecified atom stereocenters. The zero-order chi connectivity index (χ0) is 20.3. The molecule has 0 aliphatic heterocycles. The lowest BCUT2D eigenvalue weighted by atomic mass is 10.1. The van der Waals surface area contributed by atoms with Gasteiger partial charge in [0, 0.05) is 34.9 Å². The van der Waals surface area contributed by atoms with E-state index in [4.69, 9.17) is 0 Å². The molecule has 0 atom stereocenters. The summed E-state index contributed by atoms with van der Waals surface area (Å²) in [6, 6.07) is 22.7. The molecule has 2 N–H and O–H groups in total. The summed E-state index contributed by atoms with van der Waals surface area (Å²) in [6.07, 6.45) is 5.07. The largest absolute Gasteiger partial charge is 0.338 e. The van der Waals surface area contributed by atoms with E-state index >= 15 is 0 Å². The van der Waals surface area contributed by atoms with Crippen LogP contribution < -0.4 is 10.6 Å². The third-order valence-corrected chi connectivity index (χ3v) is 4.80. The molecule has 30 heavy (non-hydrogen) atoms. The second kappa shape index (κ2) is 7.60. The maximum absolute atomic E-state index is 12.9. The molecule has 5 rings (SSSR count). The van der Waals surface area contributed by atoms with Crippen molar-refractivity contribution in [3.8, 4) is 0 Å². The second-order valence-corrected chi connectivity index (χ2v) is 6.77. The molecule has 0 fully saturated rings. The fourth-order valence-electron chi connectivity index (χ4n) is 3.38. The average molecular weight is 391 g/mol. The summed E-state index contributed by atoms with van der Waals surface area (Å²) >= 11 is 0. The van der Waals surface area contributed by atoms with Gasteiger partial charge in [0.05, 0.1) is 22.4 Å². The molecule has 0 aliphatic rings. The van der Waals surface area contributed by atoms with Crippen LogP contribution in [-0.2, 0) is 0 Å². The van der Waals surface area contributed by atoms with Gasteiger partial charge in [-0.15, -0.1) is 0 Å². The van der Waals surface area contributed by atoms with Crippen molar-refractivity contribution in [2.45, 2.75) is 0 Å². The Morgan fingerprint density at radius 2 is 1.30 bits per heavy atom. The Morgan fingerprint density at radius 1 is 0.667 bits per heavy atom. The van der Waals surface area contributed by atoms with Gasteiger partial charge < -0.3 is 10.6 Å². The van der Waals surface area contributed by atoms with Crippen LogP contribution in [0.15, 0.2) is 91.4 Å². The number of anilines is 3. The standard InChI is InChI=1S/C24H17N5O/c30-24(29-20-10-2-6-17-8-4-13-27-23(17)20)18-11-14-25-21(15-18)28-19-9-1-5-16-7-3-12-26-22(16)19/h1-15H,(H,25,28)(H,29,30). The Morgan fingerprint density at radius 3 is 2.03 bits per heavy atom. The van der Waals surface area contributed by atoms with E-state index in [-0.39, 0.29) is 5.91 Å². The molecule has 0 saturated carbocycles. The van der Waals surface area contributed by atoms with Gasteiger partial charge in [0.1, 0.15) is 5.82 Å².